The second-order valence-electron chi connectivity index (χ2n) is 5.96. The second kappa shape index (κ2) is 6.81. The van der Waals surface area contributed by atoms with Gasteiger partial charge in [0.2, 0.25) is 0 Å². The zero-order chi connectivity index (χ0) is 16.2. The summed E-state index contributed by atoms with van der Waals surface area (Å²) in [6, 6.07) is 9.53. The molecule has 1 aliphatic rings. The van der Waals surface area contributed by atoms with E-state index in [1.54, 1.807) is 11.8 Å². The summed E-state index contributed by atoms with van der Waals surface area (Å²) in [4.78, 5) is 25.9. The summed E-state index contributed by atoms with van der Waals surface area (Å²) in [6.45, 7) is 7.01. The lowest BCUT2D eigenvalue weighted by Gasteiger charge is -2.25. The SMILES string of the molecule is CCOC(=O)[C@]1(C)CN(C(=O)OCc2ccccc2)C[C@H]1C. The fourth-order valence-electron chi connectivity index (χ4n) is 2.66. The lowest BCUT2D eigenvalue weighted by molar-refractivity contribution is -0.155. The summed E-state index contributed by atoms with van der Waals surface area (Å²) in [5.41, 5.74) is 0.276. The smallest absolute Gasteiger partial charge is 0.410 e. The van der Waals surface area contributed by atoms with Crippen molar-refractivity contribution in [3.63, 3.8) is 0 Å². The first kappa shape index (κ1) is 16.3. The average Bonchev–Trinajstić information content (AvgIpc) is 2.83. The Hall–Kier alpha value is -2.04. The molecule has 1 aromatic carbocycles. The molecule has 0 unspecified atom stereocenters. The van der Waals surface area contributed by atoms with Crippen LogP contribution in [0.4, 0.5) is 4.79 Å². The topological polar surface area (TPSA) is 55.8 Å². The first-order valence-corrected chi connectivity index (χ1v) is 7.60. The van der Waals surface area contributed by atoms with E-state index in [4.69, 9.17) is 9.47 Å². The number of likely N-dealkylation sites (tertiary alicyclic amines) is 1. The van der Waals surface area contributed by atoms with E-state index >= 15 is 0 Å². The van der Waals surface area contributed by atoms with Crippen molar-refractivity contribution in [1.82, 2.24) is 4.90 Å². The van der Waals surface area contributed by atoms with Gasteiger partial charge in [-0.05, 0) is 25.3 Å². The van der Waals surface area contributed by atoms with E-state index in [0.29, 0.717) is 19.7 Å². The molecular formula is C17H23NO4. The molecule has 1 heterocycles. The molecule has 5 heteroatoms. The number of hydrogen-bond acceptors (Lipinski definition) is 4. The molecule has 1 aliphatic heterocycles. The van der Waals surface area contributed by atoms with Gasteiger partial charge in [-0.2, -0.15) is 0 Å². The number of rotatable bonds is 4. The lowest BCUT2D eigenvalue weighted by atomic mass is 9.81. The normalized spacial score (nSPS) is 24.1. The van der Waals surface area contributed by atoms with Gasteiger partial charge in [-0.15, -0.1) is 0 Å². The Kier molecular flexibility index (Phi) is 5.06. The zero-order valence-electron chi connectivity index (χ0n) is 13.4. The summed E-state index contributed by atoms with van der Waals surface area (Å²) in [5.74, 6) is -0.211. The van der Waals surface area contributed by atoms with Crippen LogP contribution in [0.2, 0.25) is 0 Å². The number of amides is 1. The van der Waals surface area contributed by atoms with Crippen LogP contribution in [0, 0.1) is 11.3 Å². The van der Waals surface area contributed by atoms with Crippen molar-refractivity contribution in [2.24, 2.45) is 11.3 Å². The van der Waals surface area contributed by atoms with Crippen LogP contribution in [0.5, 0.6) is 0 Å². The maximum absolute atomic E-state index is 12.2. The third-order valence-electron chi connectivity index (χ3n) is 4.31. The van der Waals surface area contributed by atoms with Gasteiger partial charge in [-0.1, -0.05) is 37.3 Å². The van der Waals surface area contributed by atoms with Crippen LogP contribution in [-0.2, 0) is 20.9 Å². The summed E-state index contributed by atoms with van der Waals surface area (Å²) >= 11 is 0. The molecule has 2 rings (SSSR count). The monoisotopic (exact) mass is 305 g/mol. The van der Waals surface area contributed by atoms with Crippen molar-refractivity contribution < 1.29 is 19.1 Å². The zero-order valence-corrected chi connectivity index (χ0v) is 13.4. The highest BCUT2D eigenvalue weighted by molar-refractivity contribution is 5.79. The molecule has 0 saturated carbocycles. The molecule has 1 saturated heterocycles. The minimum absolute atomic E-state index is 0.0378. The van der Waals surface area contributed by atoms with Gasteiger partial charge in [0.25, 0.3) is 0 Å². The number of ether oxygens (including phenoxy) is 2. The van der Waals surface area contributed by atoms with Crippen molar-refractivity contribution in [2.45, 2.75) is 27.4 Å². The molecule has 22 heavy (non-hydrogen) atoms. The Morgan fingerprint density at radius 3 is 2.59 bits per heavy atom. The molecule has 1 amide bonds. The van der Waals surface area contributed by atoms with Crippen molar-refractivity contribution >= 4 is 12.1 Å². The number of nitrogens with zero attached hydrogens (tertiary/aromatic N) is 1. The van der Waals surface area contributed by atoms with Gasteiger partial charge in [0.15, 0.2) is 0 Å². The van der Waals surface area contributed by atoms with Gasteiger partial charge in [0, 0.05) is 13.1 Å². The molecule has 5 nitrogen and oxygen atoms in total. The minimum Gasteiger partial charge on any atom is -0.466 e. The van der Waals surface area contributed by atoms with Gasteiger partial charge in [0.05, 0.1) is 12.0 Å². The largest absolute Gasteiger partial charge is 0.466 e. The molecule has 0 N–H and O–H groups in total. The molecule has 2 atom stereocenters. The highest BCUT2D eigenvalue weighted by Crippen LogP contribution is 2.37. The van der Waals surface area contributed by atoms with Crippen molar-refractivity contribution in [1.29, 1.82) is 0 Å². The summed E-state index contributed by atoms with van der Waals surface area (Å²) < 4.78 is 10.5. The van der Waals surface area contributed by atoms with Crippen molar-refractivity contribution in [3.8, 4) is 0 Å². The fourth-order valence-corrected chi connectivity index (χ4v) is 2.66. The van der Waals surface area contributed by atoms with Crippen LogP contribution >= 0.6 is 0 Å². The molecule has 0 spiro atoms. The van der Waals surface area contributed by atoms with Crippen LogP contribution in [0.1, 0.15) is 26.3 Å². The number of esters is 1. The molecule has 0 aliphatic carbocycles. The number of carbonyl (C=O) groups excluding carboxylic acids is 2. The van der Waals surface area contributed by atoms with Crippen molar-refractivity contribution in [3.05, 3.63) is 35.9 Å². The van der Waals surface area contributed by atoms with Gasteiger partial charge in [-0.25, -0.2) is 4.79 Å². The predicted molar refractivity (Wildman–Crippen MR) is 82.1 cm³/mol. The molecule has 0 radical (unpaired) electrons. The van der Waals surface area contributed by atoms with Crippen LogP contribution in [0.15, 0.2) is 30.3 Å². The van der Waals surface area contributed by atoms with Crippen LogP contribution in [0.3, 0.4) is 0 Å². The second-order valence-corrected chi connectivity index (χ2v) is 5.96. The van der Waals surface area contributed by atoms with Gasteiger partial charge < -0.3 is 14.4 Å². The Bertz CT molecular complexity index is 531. The number of carbonyl (C=O) groups is 2. The van der Waals surface area contributed by atoms with E-state index in [1.807, 2.05) is 44.2 Å². The maximum Gasteiger partial charge on any atom is 0.410 e. The van der Waals surface area contributed by atoms with Gasteiger partial charge >= 0.3 is 12.1 Å². The Morgan fingerprint density at radius 2 is 1.95 bits per heavy atom. The van der Waals surface area contributed by atoms with Crippen LogP contribution in [-0.4, -0.2) is 36.7 Å². The average molecular weight is 305 g/mol. The summed E-state index contributed by atoms with van der Waals surface area (Å²) in [6.07, 6.45) is -0.385. The van der Waals surface area contributed by atoms with E-state index < -0.39 is 5.41 Å². The van der Waals surface area contributed by atoms with Gasteiger partial charge in [-0.3, -0.25) is 4.79 Å². The molecule has 1 fully saturated rings. The van der Waals surface area contributed by atoms with E-state index in [1.165, 1.54) is 0 Å². The van der Waals surface area contributed by atoms with Crippen molar-refractivity contribution in [2.75, 3.05) is 19.7 Å². The van der Waals surface area contributed by atoms with Crippen LogP contribution < -0.4 is 0 Å². The van der Waals surface area contributed by atoms with E-state index in [-0.39, 0.29) is 24.6 Å². The summed E-state index contributed by atoms with van der Waals surface area (Å²) in [5, 5.41) is 0. The molecule has 1 aromatic rings. The highest BCUT2D eigenvalue weighted by Gasteiger charge is 2.49. The Morgan fingerprint density at radius 1 is 1.27 bits per heavy atom. The van der Waals surface area contributed by atoms with E-state index in [0.717, 1.165) is 5.56 Å². The Labute approximate surface area is 131 Å². The predicted octanol–water partition coefficient (Wildman–Crippen LogP) is 2.84. The molecule has 0 bridgehead atoms. The quantitative estimate of drug-likeness (QED) is 0.803. The standard InChI is InChI=1S/C17H23NO4/c1-4-21-15(19)17(3)12-18(10-13(17)2)16(20)22-11-14-8-6-5-7-9-14/h5-9,13H,4,10-12H2,1-3H3/t13-,17-/m1/s1. The third kappa shape index (κ3) is 3.40. The fraction of sp³-hybridized carbons (Fsp3) is 0.529. The van der Waals surface area contributed by atoms with E-state index in [2.05, 4.69) is 0 Å². The van der Waals surface area contributed by atoms with E-state index in [9.17, 15) is 9.59 Å². The molecule has 0 aromatic heterocycles. The summed E-state index contributed by atoms with van der Waals surface area (Å²) in [7, 11) is 0. The number of hydrogen-bond donors (Lipinski definition) is 0. The first-order valence-electron chi connectivity index (χ1n) is 7.60. The third-order valence-corrected chi connectivity index (χ3v) is 4.31. The van der Waals surface area contributed by atoms with Gasteiger partial charge in [0.1, 0.15) is 6.61 Å². The Balaban J connectivity index is 1.93. The lowest BCUT2D eigenvalue weighted by Crippen LogP contribution is -2.38. The molecule has 120 valence electrons. The highest BCUT2D eigenvalue weighted by atomic mass is 16.6. The van der Waals surface area contributed by atoms with Crippen LogP contribution in [0.25, 0.3) is 0 Å². The first-order chi connectivity index (χ1) is 10.5. The molecular weight excluding hydrogens is 282 g/mol. The maximum atomic E-state index is 12.2. The number of benzene rings is 1. The minimum atomic E-state index is -0.665.